The van der Waals surface area contributed by atoms with E-state index in [1.807, 2.05) is 22.6 Å². The Labute approximate surface area is 91.6 Å². The quantitative estimate of drug-likeness (QED) is 0.866. The summed E-state index contributed by atoms with van der Waals surface area (Å²) in [6, 6.07) is 4.66. The van der Waals surface area contributed by atoms with Crippen molar-refractivity contribution in [2.75, 3.05) is 0 Å². The van der Waals surface area contributed by atoms with Gasteiger partial charge in [-0.05, 0) is 40.8 Å². The van der Waals surface area contributed by atoms with Crippen molar-refractivity contribution in [3.8, 4) is 5.75 Å². The number of nitrogens with one attached hydrogen (secondary N) is 1. The lowest BCUT2D eigenvalue weighted by atomic mass is 10.2. The Morgan fingerprint density at radius 1 is 1.43 bits per heavy atom. The van der Waals surface area contributed by atoms with Crippen molar-refractivity contribution in [2.45, 2.75) is 6.61 Å². The van der Waals surface area contributed by atoms with Gasteiger partial charge in [0.15, 0.2) is 0 Å². The molecule has 0 unspecified atom stereocenters. The highest BCUT2D eigenvalue weighted by molar-refractivity contribution is 14.1. The van der Waals surface area contributed by atoms with Crippen molar-refractivity contribution in [3.05, 3.63) is 21.9 Å². The number of benzene rings is 1. The van der Waals surface area contributed by atoms with Crippen molar-refractivity contribution in [3.63, 3.8) is 0 Å². The first-order valence-electron chi connectivity index (χ1n) is 3.75. The third-order valence-corrected chi connectivity index (χ3v) is 2.54. The molecule has 1 aromatic carbocycles. The zero-order valence-corrected chi connectivity index (χ0v) is 8.96. The minimum atomic E-state index is -2.79. The summed E-state index contributed by atoms with van der Waals surface area (Å²) in [6.45, 7) is -2.79. The lowest BCUT2D eigenvalue weighted by molar-refractivity contribution is -0.0497. The van der Waals surface area contributed by atoms with E-state index in [4.69, 9.17) is 0 Å². The average molecular weight is 310 g/mol. The summed E-state index contributed by atoms with van der Waals surface area (Å²) in [5.74, 6) is 0.145. The lowest BCUT2D eigenvalue weighted by Gasteiger charge is -2.03. The zero-order valence-electron chi connectivity index (χ0n) is 6.80. The summed E-state index contributed by atoms with van der Waals surface area (Å²) in [7, 11) is 0. The Kier molecular flexibility index (Phi) is 2.53. The minimum absolute atomic E-state index is 0.145. The highest BCUT2D eigenvalue weighted by Gasteiger charge is 2.07. The monoisotopic (exact) mass is 310 g/mol. The fourth-order valence-electron chi connectivity index (χ4n) is 1.14. The van der Waals surface area contributed by atoms with Crippen molar-refractivity contribution >= 4 is 33.5 Å². The van der Waals surface area contributed by atoms with Crippen LogP contribution in [-0.2, 0) is 0 Å². The summed E-state index contributed by atoms with van der Waals surface area (Å²) in [6.07, 6.45) is 0. The number of aromatic amines is 1. The van der Waals surface area contributed by atoms with Crippen LogP contribution >= 0.6 is 22.6 Å². The number of H-pyrrole nitrogens is 1. The molecule has 1 aromatic heterocycles. The van der Waals surface area contributed by atoms with Crippen LogP contribution in [0.15, 0.2) is 18.2 Å². The molecular weight excluding hydrogens is 305 g/mol. The molecule has 0 radical (unpaired) electrons. The van der Waals surface area contributed by atoms with Gasteiger partial charge in [-0.3, -0.25) is 5.10 Å². The molecule has 0 amide bonds. The number of aromatic nitrogens is 2. The predicted molar refractivity (Wildman–Crippen MR) is 55.4 cm³/mol. The Morgan fingerprint density at radius 2 is 2.21 bits per heavy atom. The van der Waals surface area contributed by atoms with Gasteiger partial charge in [0.05, 0.1) is 5.52 Å². The first-order valence-corrected chi connectivity index (χ1v) is 4.83. The van der Waals surface area contributed by atoms with Gasteiger partial charge in [0.2, 0.25) is 0 Å². The number of rotatable bonds is 2. The molecule has 0 bridgehead atoms. The van der Waals surface area contributed by atoms with E-state index in [-0.39, 0.29) is 5.75 Å². The summed E-state index contributed by atoms with van der Waals surface area (Å²) < 4.78 is 28.8. The van der Waals surface area contributed by atoms with Crippen LogP contribution in [0.4, 0.5) is 8.78 Å². The molecule has 0 fully saturated rings. The average Bonchev–Trinajstić information content (AvgIpc) is 2.47. The second kappa shape index (κ2) is 3.68. The van der Waals surface area contributed by atoms with Crippen LogP contribution in [0, 0.1) is 3.70 Å². The van der Waals surface area contributed by atoms with E-state index in [1.165, 1.54) is 12.1 Å². The molecule has 1 N–H and O–H groups in total. The standard InChI is InChI=1S/C8H5F2IN2O/c9-8(10)14-4-1-2-6-5(3-4)7(11)13-12-6/h1-3,8H,(H,12,13). The second-order valence-electron chi connectivity index (χ2n) is 2.60. The van der Waals surface area contributed by atoms with Crippen LogP contribution in [0.2, 0.25) is 0 Å². The number of ether oxygens (including phenoxy) is 1. The molecule has 0 aliphatic carbocycles. The number of alkyl halides is 2. The topological polar surface area (TPSA) is 37.9 Å². The van der Waals surface area contributed by atoms with Crippen molar-refractivity contribution < 1.29 is 13.5 Å². The molecule has 14 heavy (non-hydrogen) atoms. The molecule has 0 saturated carbocycles. The fraction of sp³-hybridized carbons (Fsp3) is 0.125. The van der Waals surface area contributed by atoms with E-state index in [9.17, 15) is 8.78 Å². The molecule has 0 spiro atoms. The van der Waals surface area contributed by atoms with Gasteiger partial charge in [-0.2, -0.15) is 13.9 Å². The van der Waals surface area contributed by atoms with Gasteiger partial charge in [0.1, 0.15) is 9.45 Å². The highest BCUT2D eigenvalue weighted by atomic mass is 127. The van der Waals surface area contributed by atoms with Crippen molar-refractivity contribution in [1.29, 1.82) is 0 Å². The molecule has 6 heteroatoms. The summed E-state index contributed by atoms with van der Waals surface area (Å²) in [5, 5.41) is 7.48. The zero-order chi connectivity index (χ0) is 10.1. The van der Waals surface area contributed by atoms with E-state index >= 15 is 0 Å². The predicted octanol–water partition coefficient (Wildman–Crippen LogP) is 2.77. The Bertz CT molecular complexity index is 458. The van der Waals surface area contributed by atoms with Gasteiger partial charge < -0.3 is 4.74 Å². The highest BCUT2D eigenvalue weighted by Crippen LogP contribution is 2.23. The number of hydrogen-bond donors (Lipinski definition) is 1. The van der Waals surface area contributed by atoms with Crippen LogP contribution in [-0.4, -0.2) is 16.8 Å². The molecule has 74 valence electrons. The SMILES string of the molecule is FC(F)Oc1ccc2[nH]nc(I)c2c1. The first kappa shape index (κ1) is 9.63. The third-order valence-electron chi connectivity index (χ3n) is 1.71. The van der Waals surface area contributed by atoms with Crippen LogP contribution in [0.3, 0.4) is 0 Å². The maximum Gasteiger partial charge on any atom is 0.387 e. The van der Waals surface area contributed by atoms with E-state index in [0.717, 1.165) is 14.6 Å². The van der Waals surface area contributed by atoms with Crippen molar-refractivity contribution in [1.82, 2.24) is 10.2 Å². The van der Waals surface area contributed by atoms with Gasteiger partial charge in [0, 0.05) is 5.39 Å². The minimum Gasteiger partial charge on any atom is -0.435 e. The maximum absolute atomic E-state index is 11.9. The largest absolute Gasteiger partial charge is 0.435 e. The van der Waals surface area contributed by atoms with E-state index in [0.29, 0.717) is 0 Å². The summed E-state index contributed by atoms with van der Waals surface area (Å²) in [4.78, 5) is 0. The Morgan fingerprint density at radius 3 is 2.93 bits per heavy atom. The summed E-state index contributed by atoms with van der Waals surface area (Å²) in [5.41, 5.74) is 0.802. The van der Waals surface area contributed by atoms with Gasteiger partial charge in [0.25, 0.3) is 0 Å². The normalized spacial score (nSPS) is 11.1. The number of nitrogens with zero attached hydrogens (tertiary/aromatic N) is 1. The van der Waals surface area contributed by atoms with Crippen LogP contribution < -0.4 is 4.74 Å². The first-order chi connectivity index (χ1) is 6.66. The molecule has 0 aliphatic rings. The summed E-state index contributed by atoms with van der Waals surface area (Å²) >= 11 is 2.02. The van der Waals surface area contributed by atoms with Crippen LogP contribution in [0.25, 0.3) is 10.9 Å². The van der Waals surface area contributed by atoms with Crippen LogP contribution in [0.1, 0.15) is 0 Å². The molecule has 0 atom stereocenters. The van der Waals surface area contributed by atoms with E-state index in [1.54, 1.807) is 6.07 Å². The fourth-order valence-corrected chi connectivity index (χ4v) is 1.70. The number of hydrogen-bond acceptors (Lipinski definition) is 2. The second-order valence-corrected chi connectivity index (χ2v) is 3.62. The van der Waals surface area contributed by atoms with Gasteiger partial charge in [-0.1, -0.05) is 0 Å². The molecule has 0 saturated heterocycles. The number of fused-ring (bicyclic) bond motifs is 1. The molecule has 3 nitrogen and oxygen atoms in total. The molecule has 2 rings (SSSR count). The molecule has 0 aliphatic heterocycles. The third kappa shape index (κ3) is 1.79. The number of halogens is 3. The van der Waals surface area contributed by atoms with E-state index in [2.05, 4.69) is 14.9 Å². The molecule has 2 aromatic rings. The Balaban J connectivity index is 2.44. The van der Waals surface area contributed by atoms with Crippen molar-refractivity contribution in [2.24, 2.45) is 0 Å². The van der Waals surface area contributed by atoms with Gasteiger partial charge in [-0.25, -0.2) is 0 Å². The van der Waals surface area contributed by atoms with Gasteiger partial charge in [-0.15, -0.1) is 0 Å². The smallest absolute Gasteiger partial charge is 0.387 e. The van der Waals surface area contributed by atoms with Crippen LogP contribution in [0.5, 0.6) is 5.75 Å². The molecular formula is C8H5F2IN2O. The Hall–Kier alpha value is -0.920. The van der Waals surface area contributed by atoms with E-state index < -0.39 is 6.61 Å². The lowest BCUT2D eigenvalue weighted by Crippen LogP contribution is -2.01. The van der Waals surface area contributed by atoms with Gasteiger partial charge >= 0.3 is 6.61 Å². The maximum atomic E-state index is 11.9. The molecule has 1 heterocycles.